The lowest BCUT2D eigenvalue weighted by atomic mass is 10.2. The molecule has 3 rings (SSSR count). The highest BCUT2D eigenvalue weighted by Crippen LogP contribution is 2.23. The van der Waals surface area contributed by atoms with Crippen LogP contribution in [0.2, 0.25) is 15.1 Å². The first kappa shape index (κ1) is 18.4. The molecule has 0 saturated carbocycles. The van der Waals surface area contributed by atoms with Crippen molar-refractivity contribution in [2.75, 3.05) is 13.7 Å². The van der Waals surface area contributed by atoms with Crippen LogP contribution in [-0.4, -0.2) is 24.2 Å². The predicted molar refractivity (Wildman–Crippen MR) is 103 cm³/mol. The molecule has 0 aliphatic heterocycles. The number of rotatable bonds is 4. The van der Waals surface area contributed by atoms with Crippen molar-refractivity contribution in [3.8, 4) is 0 Å². The van der Waals surface area contributed by atoms with Crippen LogP contribution in [0.1, 0.15) is 10.4 Å². The van der Waals surface area contributed by atoms with Crippen LogP contribution in [0.4, 0.5) is 0 Å². The smallest absolute Gasteiger partial charge is 0.279 e. The number of halogens is 3. The fraction of sp³-hybridized carbons (Fsp3) is 0.176. The van der Waals surface area contributed by atoms with E-state index < -0.39 is 5.91 Å². The topological polar surface area (TPSA) is 43.6 Å². The molecule has 0 N–H and O–H groups in total. The lowest BCUT2D eigenvalue weighted by molar-refractivity contribution is 0.0997. The van der Waals surface area contributed by atoms with E-state index in [9.17, 15) is 4.79 Å². The number of methoxy groups -OCH3 is 1. The summed E-state index contributed by atoms with van der Waals surface area (Å²) in [6.45, 7) is 1.07. The van der Waals surface area contributed by atoms with Gasteiger partial charge in [-0.25, -0.2) is 0 Å². The number of hydrogen-bond donors (Lipinski definition) is 0. The number of ether oxygens (including phenoxy) is 1. The Labute approximate surface area is 163 Å². The van der Waals surface area contributed by atoms with E-state index in [-0.39, 0.29) is 0 Å². The number of aromatic nitrogens is 1. The van der Waals surface area contributed by atoms with Gasteiger partial charge in [-0.1, -0.05) is 46.1 Å². The third kappa shape index (κ3) is 4.25. The third-order valence-electron chi connectivity index (χ3n) is 3.47. The summed E-state index contributed by atoms with van der Waals surface area (Å²) in [5.74, 6) is -0.409. The summed E-state index contributed by atoms with van der Waals surface area (Å²) < 4.78 is 8.04. The highest BCUT2D eigenvalue weighted by atomic mass is 35.5. The predicted octanol–water partition coefficient (Wildman–Crippen LogP) is 5.05. The summed E-state index contributed by atoms with van der Waals surface area (Å²) in [4.78, 5) is 17.4. The number of fused-ring (bicyclic) bond motifs is 1. The van der Waals surface area contributed by atoms with E-state index in [1.807, 2.05) is 22.8 Å². The van der Waals surface area contributed by atoms with Gasteiger partial charge in [0.25, 0.3) is 5.91 Å². The van der Waals surface area contributed by atoms with E-state index in [0.29, 0.717) is 38.6 Å². The standard InChI is InChI=1S/C17H13Cl3N2O2S/c1-24-5-4-22-14-3-2-11(18)9-15(14)25-17(22)21-16(23)10-6-12(19)8-13(20)7-10/h2-3,6-9H,4-5H2,1H3. The molecule has 0 aliphatic rings. The van der Waals surface area contributed by atoms with E-state index in [2.05, 4.69) is 4.99 Å². The first-order valence-corrected chi connectivity index (χ1v) is 9.26. The van der Waals surface area contributed by atoms with Crippen molar-refractivity contribution >= 4 is 62.3 Å². The van der Waals surface area contributed by atoms with Gasteiger partial charge in [0, 0.05) is 34.3 Å². The maximum atomic E-state index is 12.5. The van der Waals surface area contributed by atoms with E-state index in [1.54, 1.807) is 25.3 Å². The monoisotopic (exact) mass is 414 g/mol. The van der Waals surface area contributed by atoms with Gasteiger partial charge in [0.1, 0.15) is 0 Å². The quantitative estimate of drug-likeness (QED) is 0.598. The van der Waals surface area contributed by atoms with Crippen molar-refractivity contribution in [1.29, 1.82) is 0 Å². The molecule has 0 fully saturated rings. The van der Waals surface area contributed by atoms with Gasteiger partial charge in [-0.2, -0.15) is 4.99 Å². The van der Waals surface area contributed by atoms with Crippen molar-refractivity contribution in [3.05, 3.63) is 61.8 Å². The summed E-state index contributed by atoms with van der Waals surface area (Å²) in [5.41, 5.74) is 1.29. The van der Waals surface area contributed by atoms with Crippen LogP contribution in [0, 0.1) is 0 Å². The first-order valence-electron chi connectivity index (χ1n) is 7.31. The summed E-state index contributed by atoms with van der Waals surface area (Å²) in [6.07, 6.45) is 0. The lowest BCUT2D eigenvalue weighted by Gasteiger charge is -2.04. The van der Waals surface area contributed by atoms with Gasteiger partial charge in [0.2, 0.25) is 0 Å². The molecule has 2 aromatic carbocycles. The average Bonchev–Trinajstić information content (AvgIpc) is 2.88. The van der Waals surface area contributed by atoms with Crippen molar-refractivity contribution in [3.63, 3.8) is 0 Å². The third-order valence-corrected chi connectivity index (χ3v) is 5.18. The molecule has 0 aliphatic carbocycles. The van der Waals surface area contributed by atoms with Crippen molar-refractivity contribution in [2.24, 2.45) is 4.99 Å². The van der Waals surface area contributed by atoms with E-state index in [0.717, 1.165) is 10.2 Å². The second-order valence-corrected chi connectivity index (χ2v) is 7.53. The molecule has 0 spiro atoms. The molecule has 0 unspecified atom stereocenters. The second-order valence-electron chi connectivity index (χ2n) is 5.22. The molecule has 1 heterocycles. The van der Waals surface area contributed by atoms with Gasteiger partial charge in [-0.3, -0.25) is 4.79 Å². The van der Waals surface area contributed by atoms with Crippen LogP contribution in [0.5, 0.6) is 0 Å². The Morgan fingerprint density at radius 1 is 1.12 bits per heavy atom. The Morgan fingerprint density at radius 3 is 2.52 bits per heavy atom. The van der Waals surface area contributed by atoms with Crippen LogP contribution in [0.25, 0.3) is 10.2 Å². The molecule has 3 aromatic rings. The number of benzene rings is 2. The number of thiazole rings is 1. The zero-order chi connectivity index (χ0) is 18.0. The van der Waals surface area contributed by atoms with Gasteiger partial charge in [0.05, 0.1) is 16.8 Å². The van der Waals surface area contributed by atoms with Gasteiger partial charge in [-0.15, -0.1) is 0 Å². The molecule has 0 saturated heterocycles. The maximum absolute atomic E-state index is 12.5. The molecule has 0 radical (unpaired) electrons. The molecule has 0 atom stereocenters. The molecule has 0 bridgehead atoms. The Balaban J connectivity index is 2.12. The first-order chi connectivity index (χ1) is 12.0. The van der Waals surface area contributed by atoms with Crippen LogP contribution in [-0.2, 0) is 11.3 Å². The zero-order valence-corrected chi connectivity index (χ0v) is 16.2. The fourth-order valence-corrected chi connectivity index (χ4v) is 4.22. The van der Waals surface area contributed by atoms with Crippen LogP contribution < -0.4 is 4.80 Å². The lowest BCUT2D eigenvalue weighted by Crippen LogP contribution is -2.19. The molecule has 1 aromatic heterocycles. The minimum Gasteiger partial charge on any atom is -0.383 e. The number of nitrogens with zero attached hydrogens (tertiary/aromatic N) is 2. The van der Waals surface area contributed by atoms with Gasteiger partial charge < -0.3 is 9.30 Å². The highest BCUT2D eigenvalue weighted by Gasteiger charge is 2.11. The summed E-state index contributed by atoms with van der Waals surface area (Å²) >= 11 is 19.4. The molecule has 130 valence electrons. The minimum atomic E-state index is -0.409. The summed E-state index contributed by atoms with van der Waals surface area (Å²) in [5, 5.41) is 1.41. The van der Waals surface area contributed by atoms with Crippen LogP contribution in [0.3, 0.4) is 0 Å². The Bertz CT molecular complexity index is 991. The number of amides is 1. The van der Waals surface area contributed by atoms with Crippen molar-refractivity contribution in [2.45, 2.75) is 6.54 Å². The summed E-state index contributed by atoms with van der Waals surface area (Å²) in [7, 11) is 1.63. The molecular weight excluding hydrogens is 403 g/mol. The minimum absolute atomic E-state index is 0.339. The Hall–Kier alpha value is -1.37. The van der Waals surface area contributed by atoms with E-state index in [1.165, 1.54) is 11.3 Å². The van der Waals surface area contributed by atoms with Crippen molar-refractivity contribution < 1.29 is 9.53 Å². The SMILES string of the molecule is COCCn1c(=NC(=O)c2cc(Cl)cc(Cl)c2)sc2cc(Cl)ccc21. The van der Waals surface area contributed by atoms with E-state index in [4.69, 9.17) is 39.5 Å². The van der Waals surface area contributed by atoms with Crippen molar-refractivity contribution in [1.82, 2.24) is 4.57 Å². The molecule has 25 heavy (non-hydrogen) atoms. The number of carbonyl (C=O) groups is 1. The maximum Gasteiger partial charge on any atom is 0.279 e. The number of hydrogen-bond acceptors (Lipinski definition) is 3. The molecular formula is C17H13Cl3N2O2S. The highest BCUT2D eigenvalue weighted by molar-refractivity contribution is 7.16. The Morgan fingerprint density at radius 2 is 1.84 bits per heavy atom. The van der Waals surface area contributed by atoms with Gasteiger partial charge in [-0.05, 0) is 36.4 Å². The largest absolute Gasteiger partial charge is 0.383 e. The van der Waals surface area contributed by atoms with Crippen LogP contribution >= 0.6 is 46.1 Å². The van der Waals surface area contributed by atoms with Gasteiger partial charge >= 0.3 is 0 Å². The number of carbonyl (C=O) groups excluding carboxylic acids is 1. The molecule has 8 heteroatoms. The average molecular weight is 416 g/mol. The van der Waals surface area contributed by atoms with Gasteiger partial charge in [0.15, 0.2) is 4.80 Å². The fourth-order valence-electron chi connectivity index (χ4n) is 2.36. The molecule has 4 nitrogen and oxygen atoms in total. The van der Waals surface area contributed by atoms with Crippen LogP contribution in [0.15, 0.2) is 41.4 Å². The van der Waals surface area contributed by atoms with E-state index >= 15 is 0 Å². The summed E-state index contributed by atoms with van der Waals surface area (Å²) in [6, 6.07) is 10.2. The zero-order valence-electron chi connectivity index (χ0n) is 13.1. The second kappa shape index (κ2) is 7.89. The normalized spacial score (nSPS) is 12.1. The Kier molecular flexibility index (Phi) is 5.81. The molecule has 1 amide bonds.